The third-order valence-electron chi connectivity index (χ3n) is 5.37. The van der Waals surface area contributed by atoms with Crippen molar-refractivity contribution in [1.29, 1.82) is 0 Å². The Bertz CT molecular complexity index is 1020. The number of hydrogen-bond acceptors (Lipinski definition) is 6. The molecule has 0 saturated carbocycles. The molecule has 0 radical (unpaired) electrons. The van der Waals surface area contributed by atoms with Gasteiger partial charge in [-0.3, -0.25) is 4.79 Å². The van der Waals surface area contributed by atoms with Crippen LogP contribution in [0.5, 0.6) is 0 Å². The first-order valence-electron chi connectivity index (χ1n) is 10.2. The Kier molecular flexibility index (Phi) is 5.76. The molecular formula is C22H27N7O. The van der Waals surface area contributed by atoms with E-state index < -0.39 is 0 Å². The van der Waals surface area contributed by atoms with E-state index in [1.165, 1.54) is 16.0 Å². The summed E-state index contributed by atoms with van der Waals surface area (Å²) in [5.41, 5.74) is 5.19. The van der Waals surface area contributed by atoms with Crippen LogP contribution in [0.1, 0.15) is 11.1 Å². The van der Waals surface area contributed by atoms with Crippen molar-refractivity contribution >= 4 is 17.3 Å². The van der Waals surface area contributed by atoms with Gasteiger partial charge in [-0.2, -0.15) is 4.80 Å². The number of likely N-dealkylation sites (N-methyl/N-ethyl adjacent to an activating group) is 1. The van der Waals surface area contributed by atoms with Gasteiger partial charge in [0.05, 0.1) is 0 Å². The summed E-state index contributed by atoms with van der Waals surface area (Å²) in [7, 11) is 2.15. The molecule has 1 N–H and O–H groups in total. The largest absolute Gasteiger partial charge is 0.369 e. The molecule has 2 aromatic carbocycles. The molecule has 0 atom stereocenters. The standard InChI is InChI=1S/C22H27N7O/c1-16-4-6-18(7-5-16)22-24-26-29(25-22)15-21(30)23-19-8-9-20(17(2)14-19)28-12-10-27(3)11-13-28/h4-9,14H,10-13,15H2,1-3H3,(H,23,30). The Hall–Kier alpha value is -3.26. The van der Waals surface area contributed by atoms with Gasteiger partial charge in [0.1, 0.15) is 6.54 Å². The van der Waals surface area contributed by atoms with Gasteiger partial charge in [0, 0.05) is 43.1 Å². The molecule has 8 heteroatoms. The van der Waals surface area contributed by atoms with E-state index in [9.17, 15) is 4.79 Å². The van der Waals surface area contributed by atoms with Gasteiger partial charge in [0.2, 0.25) is 11.7 Å². The number of benzene rings is 2. The van der Waals surface area contributed by atoms with Crippen LogP contribution in [0.3, 0.4) is 0 Å². The van der Waals surface area contributed by atoms with E-state index in [0.29, 0.717) is 5.82 Å². The second-order valence-electron chi connectivity index (χ2n) is 7.85. The van der Waals surface area contributed by atoms with Gasteiger partial charge in [-0.25, -0.2) is 0 Å². The van der Waals surface area contributed by atoms with Crippen molar-refractivity contribution in [3.8, 4) is 11.4 Å². The van der Waals surface area contributed by atoms with Crippen LogP contribution in [0, 0.1) is 13.8 Å². The number of aryl methyl sites for hydroxylation is 2. The third-order valence-corrected chi connectivity index (χ3v) is 5.37. The lowest BCUT2D eigenvalue weighted by atomic mass is 10.1. The number of anilines is 2. The quantitative estimate of drug-likeness (QED) is 0.702. The molecule has 4 rings (SSSR count). The first-order chi connectivity index (χ1) is 14.5. The maximum Gasteiger partial charge on any atom is 0.248 e. The number of carbonyl (C=O) groups is 1. The minimum absolute atomic E-state index is 0.0120. The number of rotatable bonds is 5. The van der Waals surface area contributed by atoms with Gasteiger partial charge in [-0.15, -0.1) is 10.2 Å². The van der Waals surface area contributed by atoms with Crippen LogP contribution in [0.25, 0.3) is 11.4 Å². The van der Waals surface area contributed by atoms with Gasteiger partial charge in [0.15, 0.2) is 0 Å². The molecule has 30 heavy (non-hydrogen) atoms. The number of carbonyl (C=O) groups excluding carboxylic acids is 1. The van der Waals surface area contributed by atoms with Crippen molar-refractivity contribution in [2.24, 2.45) is 0 Å². The monoisotopic (exact) mass is 405 g/mol. The zero-order valence-corrected chi connectivity index (χ0v) is 17.7. The maximum absolute atomic E-state index is 12.5. The number of nitrogens with one attached hydrogen (secondary N) is 1. The Morgan fingerprint density at radius 1 is 1.03 bits per heavy atom. The van der Waals surface area contributed by atoms with E-state index in [-0.39, 0.29) is 12.5 Å². The average Bonchev–Trinajstić information content (AvgIpc) is 3.18. The molecule has 0 aliphatic carbocycles. The summed E-state index contributed by atoms with van der Waals surface area (Å²) in [6.07, 6.45) is 0. The lowest BCUT2D eigenvalue weighted by molar-refractivity contribution is -0.117. The van der Waals surface area contributed by atoms with Crippen molar-refractivity contribution in [3.05, 3.63) is 53.6 Å². The lowest BCUT2D eigenvalue weighted by Gasteiger charge is -2.35. The van der Waals surface area contributed by atoms with Crippen LogP contribution in [-0.2, 0) is 11.3 Å². The number of tetrazole rings is 1. The Morgan fingerprint density at radius 3 is 2.47 bits per heavy atom. The van der Waals surface area contributed by atoms with E-state index in [0.717, 1.165) is 43.0 Å². The van der Waals surface area contributed by atoms with Crippen LogP contribution in [-0.4, -0.2) is 64.2 Å². The third kappa shape index (κ3) is 4.65. The predicted octanol–water partition coefficient (Wildman–Crippen LogP) is 2.35. The first-order valence-corrected chi connectivity index (χ1v) is 10.2. The van der Waals surface area contributed by atoms with Crippen LogP contribution in [0.4, 0.5) is 11.4 Å². The van der Waals surface area contributed by atoms with Crippen molar-refractivity contribution in [1.82, 2.24) is 25.1 Å². The highest BCUT2D eigenvalue weighted by atomic mass is 16.2. The van der Waals surface area contributed by atoms with Crippen LogP contribution >= 0.6 is 0 Å². The highest BCUT2D eigenvalue weighted by molar-refractivity contribution is 5.90. The number of nitrogens with zero attached hydrogens (tertiary/aromatic N) is 6. The van der Waals surface area contributed by atoms with Crippen molar-refractivity contribution in [3.63, 3.8) is 0 Å². The number of amides is 1. The fourth-order valence-electron chi connectivity index (χ4n) is 3.59. The Labute approximate surface area is 176 Å². The fourth-order valence-corrected chi connectivity index (χ4v) is 3.59. The molecule has 156 valence electrons. The van der Waals surface area contributed by atoms with Gasteiger partial charge in [-0.05, 0) is 49.9 Å². The van der Waals surface area contributed by atoms with Crippen molar-refractivity contribution < 1.29 is 4.79 Å². The van der Waals surface area contributed by atoms with E-state index in [1.54, 1.807) is 0 Å². The molecule has 1 amide bonds. The van der Waals surface area contributed by atoms with Crippen LogP contribution in [0.15, 0.2) is 42.5 Å². The highest BCUT2D eigenvalue weighted by Crippen LogP contribution is 2.24. The molecule has 1 aromatic heterocycles. The smallest absolute Gasteiger partial charge is 0.248 e. The second kappa shape index (κ2) is 8.62. The zero-order chi connectivity index (χ0) is 21.1. The van der Waals surface area contributed by atoms with E-state index >= 15 is 0 Å². The van der Waals surface area contributed by atoms with Crippen molar-refractivity contribution in [2.45, 2.75) is 20.4 Å². The molecule has 2 heterocycles. The topological polar surface area (TPSA) is 79.2 Å². The number of aromatic nitrogens is 4. The number of hydrogen-bond donors (Lipinski definition) is 1. The summed E-state index contributed by atoms with van der Waals surface area (Å²) in [5, 5.41) is 15.3. The van der Waals surface area contributed by atoms with Crippen LogP contribution in [0.2, 0.25) is 0 Å². The molecule has 1 saturated heterocycles. The summed E-state index contributed by atoms with van der Waals surface area (Å²) in [4.78, 5) is 18.5. The van der Waals surface area contributed by atoms with E-state index in [2.05, 4.69) is 50.6 Å². The summed E-state index contributed by atoms with van der Waals surface area (Å²) in [6.45, 7) is 8.28. The van der Waals surface area contributed by atoms with Gasteiger partial charge in [-0.1, -0.05) is 29.8 Å². The van der Waals surface area contributed by atoms with E-state index in [4.69, 9.17) is 0 Å². The molecule has 1 aliphatic rings. The number of piperazine rings is 1. The molecule has 0 bridgehead atoms. The van der Waals surface area contributed by atoms with Gasteiger partial charge in [0.25, 0.3) is 0 Å². The van der Waals surface area contributed by atoms with Crippen LogP contribution < -0.4 is 10.2 Å². The summed E-state index contributed by atoms with van der Waals surface area (Å²) in [6, 6.07) is 13.9. The second-order valence-corrected chi connectivity index (χ2v) is 7.85. The minimum atomic E-state index is -0.186. The molecule has 0 spiro atoms. The van der Waals surface area contributed by atoms with Gasteiger partial charge < -0.3 is 15.1 Å². The summed E-state index contributed by atoms with van der Waals surface area (Å²) < 4.78 is 0. The maximum atomic E-state index is 12.5. The van der Waals surface area contributed by atoms with Crippen molar-refractivity contribution in [2.75, 3.05) is 43.4 Å². The summed E-state index contributed by atoms with van der Waals surface area (Å²) >= 11 is 0. The molecule has 1 fully saturated rings. The first kappa shape index (κ1) is 20.0. The van der Waals surface area contributed by atoms with Gasteiger partial charge >= 0.3 is 0 Å². The zero-order valence-electron chi connectivity index (χ0n) is 17.7. The molecule has 1 aliphatic heterocycles. The average molecular weight is 406 g/mol. The summed E-state index contributed by atoms with van der Waals surface area (Å²) in [5.74, 6) is 0.324. The Balaban J connectivity index is 1.37. The Morgan fingerprint density at radius 2 is 1.77 bits per heavy atom. The SMILES string of the molecule is Cc1ccc(-c2nnn(CC(=O)Nc3ccc(N4CCN(C)CC4)c(C)c3)n2)cc1. The minimum Gasteiger partial charge on any atom is -0.369 e. The predicted molar refractivity (Wildman–Crippen MR) is 118 cm³/mol. The van der Waals surface area contributed by atoms with E-state index in [1.807, 2.05) is 43.3 Å². The molecule has 8 nitrogen and oxygen atoms in total. The molecular weight excluding hydrogens is 378 g/mol. The highest BCUT2D eigenvalue weighted by Gasteiger charge is 2.16. The molecule has 3 aromatic rings. The molecule has 0 unspecified atom stereocenters. The lowest BCUT2D eigenvalue weighted by Crippen LogP contribution is -2.44. The fraction of sp³-hybridized carbons (Fsp3) is 0.364. The normalized spacial score (nSPS) is 14.7.